The molecular formula is C15H15ClF2N2O2. The molecule has 118 valence electrons. The fraction of sp³-hybridized carbons (Fsp3) is 0.267. The molecule has 3 N–H and O–H groups in total. The minimum absolute atomic E-state index is 0.0637. The van der Waals surface area contributed by atoms with Crippen molar-refractivity contribution in [2.24, 2.45) is 5.73 Å². The molecule has 1 aromatic carbocycles. The van der Waals surface area contributed by atoms with Crippen molar-refractivity contribution in [3.05, 3.63) is 46.9 Å². The summed E-state index contributed by atoms with van der Waals surface area (Å²) in [6, 6.07) is 7.00. The number of rotatable bonds is 5. The van der Waals surface area contributed by atoms with Crippen LogP contribution in [0, 0.1) is 5.82 Å². The van der Waals surface area contributed by atoms with Gasteiger partial charge in [-0.2, -0.15) is 0 Å². The monoisotopic (exact) mass is 328 g/mol. The Hall–Kier alpha value is -1.76. The lowest BCUT2D eigenvalue weighted by atomic mass is 9.99. The summed E-state index contributed by atoms with van der Waals surface area (Å²) in [5, 5.41) is 10.1. The number of nitrogens with two attached hydrogens (primary N) is 1. The highest BCUT2D eigenvalue weighted by Gasteiger charge is 2.30. The van der Waals surface area contributed by atoms with E-state index in [0.717, 1.165) is 0 Å². The molecule has 7 heteroatoms. The molecule has 4 nitrogen and oxygen atoms in total. The van der Waals surface area contributed by atoms with Gasteiger partial charge in [0.1, 0.15) is 29.5 Å². The van der Waals surface area contributed by atoms with Crippen LogP contribution in [0.25, 0.3) is 11.3 Å². The quantitative estimate of drug-likeness (QED) is 0.885. The van der Waals surface area contributed by atoms with Gasteiger partial charge in [0.2, 0.25) is 0 Å². The van der Waals surface area contributed by atoms with Crippen LogP contribution in [0.15, 0.2) is 30.3 Å². The minimum atomic E-state index is -1.88. The van der Waals surface area contributed by atoms with E-state index in [4.69, 9.17) is 22.1 Å². The number of benzene rings is 1. The molecule has 2 aromatic rings. The Balaban J connectivity index is 2.60. The molecule has 0 fully saturated rings. The van der Waals surface area contributed by atoms with Crippen LogP contribution >= 0.6 is 11.6 Å². The van der Waals surface area contributed by atoms with Crippen molar-refractivity contribution < 1.29 is 18.6 Å². The van der Waals surface area contributed by atoms with Gasteiger partial charge in [0.05, 0.1) is 17.8 Å². The Morgan fingerprint density at radius 1 is 1.36 bits per heavy atom. The molecule has 22 heavy (non-hydrogen) atoms. The third-order valence-electron chi connectivity index (χ3n) is 3.31. The lowest BCUT2D eigenvalue weighted by Gasteiger charge is -2.23. The maximum atomic E-state index is 13.3. The molecule has 0 saturated heterocycles. The number of pyridine rings is 1. The molecule has 1 heterocycles. The van der Waals surface area contributed by atoms with Crippen LogP contribution in [0.5, 0.6) is 5.75 Å². The van der Waals surface area contributed by atoms with Gasteiger partial charge in [0.25, 0.3) is 0 Å². The van der Waals surface area contributed by atoms with E-state index >= 15 is 0 Å². The Bertz CT molecular complexity index is 679. The second-order valence-electron chi connectivity index (χ2n) is 4.75. The summed E-state index contributed by atoms with van der Waals surface area (Å²) in [6.45, 7) is -1.40. The van der Waals surface area contributed by atoms with Gasteiger partial charge in [-0.15, -0.1) is 0 Å². The van der Waals surface area contributed by atoms with E-state index in [2.05, 4.69) is 4.98 Å². The normalized spacial score (nSPS) is 13.7. The number of nitrogens with zero attached hydrogens (tertiary/aromatic N) is 1. The minimum Gasteiger partial charge on any atom is -0.494 e. The zero-order chi connectivity index (χ0) is 16.3. The zero-order valence-corrected chi connectivity index (χ0v) is 12.6. The van der Waals surface area contributed by atoms with Crippen molar-refractivity contribution in [1.82, 2.24) is 4.98 Å². The van der Waals surface area contributed by atoms with Crippen molar-refractivity contribution in [3.8, 4) is 17.0 Å². The molecule has 0 aliphatic heterocycles. The molecule has 0 radical (unpaired) electrons. The van der Waals surface area contributed by atoms with Gasteiger partial charge in [0.15, 0.2) is 0 Å². The maximum Gasteiger partial charge on any atom is 0.147 e. The average Bonchev–Trinajstić information content (AvgIpc) is 2.56. The smallest absolute Gasteiger partial charge is 0.147 e. The first-order chi connectivity index (χ1) is 10.4. The van der Waals surface area contributed by atoms with Crippen LogP contribution in [0.2, 0.25) is 5.02 Å². The number of hydrogen-bond acceptors (Lipinski definition) is 4. The summed E-state index contributed by atoms with van der Waals surface area (Å²) in [5.74, 6) is -0.188. The van der Waals surface area contributed by atoms with E-state index in [1.54, 1.807) is 0 Å². The molecule has 0 bridgehead atoms. The highest BCUT2D eigenvalue weighted by molar-refractivity contribution is 6.31. The zero-order valence-electron chi connectivity index (χ0n) is 11.8. The van der Waals surface area contributed by atoms with Gasteiger partial charge < -0.3 is 15.6 Å². The van der Waals surface area contributed by atoms with Crippen molar-refractivity contribution in [3.63, 3.8) is 0 Å². The summed E-state index contributed by atoms with van der Waals surface area (Å²) in [4.78, 5) is 4.22. The lowest BCUT2D eigenvalue weighted by molar-refractivity contribution is 0.0159. The van der Waals surface area contributed by atoms with Crippen molar-refractivity contribution in [2.75, 3.05) is 20.3 Å². The maximum absolute atomic E-state index is 13.3. The first-order valence-corrected chi connectivity index (χ1v) is 6.82. The summed E-state index contributed by atoms with van der Waals surface area (Å²) in [6.07, 6.45) is 0. The third-order valence-corrected chi connectivity index (χ3v) is 3.60. The molecule has 0 aliphatic carbocycles. The number of aliphatic hydroxyl groups is 1. The predicted octanol–water partition coefficient (Wildman–Crippen LogP) is 2.67. The van der Waals surface area contributed by atoms with Gasteiger partial charge in [-0.3, -0.25) is 0 Å². The second kappa shape index (κ2) is 6.56. The Morgan fingerprint density at radius 2 is 2.09 bits per heavy atom. The van der Waals surface area contributed by atoms with Crippen molar-refractivity contribution >= 4 is 11.6 Å². The van der Waals surface area contributed by atoms with Crippen LogP contribution in [-0.4, -0.2) is 30.4 Å². The molecule has 1 aromatic heterocycles. The highest BCUT2D eigenvalue weighted by Crippen LogP contribution is 2.33. The summed E-state index contributed by atoms with van der Waals surface area (Å²) in [7, 11) is 1.44. The van der Waals surface area contributed by atoms with Crippen molar-refractivity contribution in [2.45, 2.75) is 5.60 Å². The summed E-state index contributed by atoms with van der Waals surface area (Å²) >= 11 is 5.77. The SMILES string of the molecule is COc1ccc(C(O)(CN)CF)nc1-c1ccc(F)c(Cl)c1. The van der Waals surface area contributed by atoms with Crippen LogP contribution in [0.3, 0.4) is 0 Å². The number of alkyl halides is 1. The van der Waals surface area contributed by atoms with E-state index in [9.17, 15) is 13.9 Å². The molecule has 0 spiro atoms. The van der Waals surface area contributed by atoms with E-state index in [0.29, 0.717) is 17.0 Å². The largest absolute Gasteiger partial charge is 0.494 e. The Kier molecular flexibility index (Phi) is 4.95. The fourth-order valence-corrected chi connectivity index (χ4v) is 2.13. The summed E-state index contributed by atoms with van der Waals surface area (Å²) in [5.41, 5.74) is 4.38. The predicted molar refractivity (Wildman–Crippen MR) is 80.1 cm³/mol. The number of hydrogen-bond donors (Lipinski definition) is 2. The number of aromatic nitrogens is 1. The van der Waals surface area contributed by atoms with E-state index < -0.39 is 18.1 Å². The number of halogens is 3. The average molecular weight is 329 g/mol. The Morgan fingerprint density at radius 3 is 2.64 bits per heavy atom. The first-order valence-electron chi connectivity index (χ1n) is 6.44. The first kappa shape index (κ1) is 16.6. The highest BCUT2D eigenvalue weighted by atomic mass is 35.5. The summed E-state index contributed by atoms with van der Waals surface area (Å²) < 4.78 is 31.6. The van der Waals surface area contributed by atoms with Crippen LogP contribution in [0.1, 0.15) is 5.69 Å². The number of ether oxygens (including phenoxy) is 1. The van der Waals surface area contributed by atoms with Crippen LogP contribution in [0.4, 0.5) is 8.78 Å². The van der Waals surface area contributed by atoms with Gasteiger partial charge in [0, 0.05) is 12.1 Å². The molecule has 0 saturated carbocycles. The van der Waals surface area contributed by atoms with Gasteiger partial charge in [-0.1, -0.05) is 11.6 Å². The molecule has 0 amide bonds. The van der Waals surface area contributed by atoms with E-state index in [-0.39, 0.29) is 17.3 Å². The Labute approximate surface area is 131 Å². The lowest BCUT2D eigenvalue weighted by Crippen LogP contribution is -2.38. The third kappa shape index (κ3) is 3.04. The molecule has 1 atom stereocenters. The van der Waals surface area contributed by atoms with Gasteiger partial charge >= 0.3 is 0 Å². The molecule has 0 aliphatic rings. The molecule has 2 rings (SSSR count). The van der Waals surface area contributed by atoms with Crippen LogP contribution < -0.4 is 10.5 Å². The number of methoxy groups -OCH3 is 1. The fourth-order valence-electron chi connectivity index (χ4n) is 1.95. The molecular weight excluding hydrogens is 314 g/mol. The van der Waals surface area contributed by atoms with Gasteiger partial charge in [-0.05, 0) is 30.3 Å². The van der Waals surface area contributed by atoms with Crippen molar-refractivity contribution in [1.29, 1.82) is 0 Å². The van der Waals surface area contributed by atoms with Gasteiger partial charge in [-0.25, -0.2) is 13.8 Å². The van der Waals surface area contributed by atoms with E-state index in [1.165, 1.54) is 37.4 Å². The topological polar surface area (TPSA) is 68.4 Å². The second-order valence-corrected chi connectivity index (χ2v) is 5.15. The standard InChI is InChI=1S/C15H15ClF2N2O2/c1-22-12-4-5-13(15(21,7-17)8-19)20-14(12)9-2-3-11(18)10(16)6-9/h2-6,21H,7-8,19H2,1H3. The molecule has 1 unspecified atom stereocenters. The van der Waals surface area contributed by atoms with Crippen LogP contribution in [-0.2, 0) is 5.60 Å². The van der Waals surface area contributed by atoms with E-state index in [1.807, 2.05) is 0 Å².